The zero-order valence-corrected chi connectivity index (χ0v) is 17.1. The van der Waals surface area contributed by atoms with Crippen LogP contribution in [0.3, 0.4) is 0 Å². The number of aryl methyl sites for hydroxylation is 1. The number of piperazine rings is 1. The first-order chi connectivity index (χ1) is 12.9. The van der Waals surface area contributed by atoms with E-state index in [0.29, 0.717) is 10.2 Å². The fourth-order valence-electron chi connectivity index (χ4n) is 2.97. The number of halogens is 2. The number of likely N-dealkylation sites (N-methyl/N-ethyl adjacent to an activating group) is 1. The van der Waals surface area contributed by atoms with E-state index in [0.717, 1.165) is 37.4 Å². The molecular formula is C20H23BrFN3O2. The Bertz CT molecular complexity index is 823. The van der Waals surface area contributed by atoms with E-state index in [2.05, 4.69) is 44.2 Å². The largest absolute Gasteiger partial charge is 0.483 e. The standard InChI is InChI=1S/C20H23BrFN3O2/c1-14-11-16(25-9-7-24(2)8-10-25)4-5-18(14)23-20(26)13-27-19-6-3-15(22)12-17(19)21/h3-6,11-12H,7-10,13H2,1-2H3,(H,23,26). The molecule has 0 aromatic heterocycles. The molecule has 1 aliphatic rings. The van der Waals surface area contributed by atoms with Gasteiger partial charge in [0, 0.05) is 37.6 Å². The van der Waals surface area contributed by atoms with Gasteiger partial charge in [-0.1, -0.05) is 0 Å². The van der Waals surface area contributed by atoms with Crippen molar-refractivity contribution in [1.29, 1.82) is 0 Å². The van der Waals surface area contributed by atoms with Crippen molar-refractivity contribution in [1.82, 2.24) is 4.90 Å². The van der Waals surface area contributed by atoms with Crippen molar-refractivity contribution < 1.29 is 13.9 Å². The lowest BCUT2D eigenvalue weighted by Crippen LogP contribution is -2.44. The summed E-state index contributed by atoms with van der Waals surface area (Å²) in [4.78, 5) is 16.9. The number of nitrogens with zero attached hydrogens (tertiary/aromatic N) is 2. The van der Waals surface area contributed by atoms with E-state index in [1.165, 1.54) is 23.9 Å². The van der Waals surface area contributed by atoms with Gasteiger partial charge in [0.05, 0.1) is 4.47 Å². The molecule has 1 N–H and O–H groups in total. The third-order valence-electron chi connectivity index (χ3n) is 4.61. The Kier molecular flexibility index (Phi) is 6.34. The van der Waals surface area contributed by atoms with Crippen molar-refractivity contribution >= 4 is 33.2 Å². The van der Waals surface area contributed by atoms with Gasteiger partial charge in [0.2, 0.25) is 0 Å². The molecule has 5 nitrogen and oxygen atoms in total. The number of anilines is 2. The lowest BCUT2D eigenvalue weighted by atomic mass is 10.1. The Morgan fingerprint density at radius 1 is 1.19 bits per heavy atom. The van der Waals surface area contributed by atoms with Gasteiger partial charge in [-0.25, -0.2) is 4.39 Å². The van der Waals surface area contributed by atoms with Crippen LogP contribution in [0, 0.1) is 12.7 Å². The average Bonchev–Trinajstić information content (AvgIpc) is 2.63. The normalized spacial score (nSPS) is 14.9. The first-order valence-corrected chi connectivity index (χ1v) is 9.63. The first-order valence-electron chi connectivity index (χ1n) is 8.84. The number of amides is 1. The second-order valence-corrected chi connectivity index (χ2v) is 7.56. The molecular weight excluding hydrogens is 413 g/mol. The van der Waals surface area contributed by atoms with Gasteiger partial charge in [0.15, 0.2) is 6.61 Å². The van der Waals surface area contributed by atoms with Crippen molar-refractivity contribution in [3.63, 3.8) is 0 Å². The average molecular weight is 436 g/mol. The topological polar surface area (TPSA) is 44.8 Å². The Morgan fingerprint density at radius 2 is 1.93 bits per heavy atom. The summed E-state index contributed by atoms with van der Waals surface area (Å²) in [5.74, 6) is -0.204. The van der Waals surface area contributed by atoms with E-state index in [-0.39, 0.29) is 18.3 Å². The molecule has 1 aliphatic heterocycles. The molecule has 27 heavy (non-hydrogen) atoms. The quantitative estimate of drug-likeness (QED) is 0.777. The zero-order valence-electron chi connectivity index (χ0n) is 15.5. The van der Waals surface area contributed by atoms with Crippen molar-refractivity contribution in [3.8, 4) is 5.75 Å². The number of benzene rings is 2. The van der Waals surface area contributed by atoms with Gasteiger partial charge in [-0.15, -0.1) is 0 Å². The van der Waals surface area contributed by atoms with E-state index < -0.39 is 0 Å². The maximum atomic E-state index is 13.1. The Morgan fingerprint density at radius 3 is 2.59 bits per heavy atom. The number of nitrogens with one attached hydrogen (secondary N) is 1. The minimum absolute atomic E-state index is 0.149. The van der Waals surface area contributed by atoms with Gasteiger partial charge in [-0.05, 0) is 71.9 Å². The molecule has 0 atom stereocenters. The number of carbonyl (C=O) groups excluding carboxylic acids is 1. The smallest absolute Gasteiger partial charge is 0.262 e. The van der Waals surface area contributed by atoms with Gasteiger partial charge < -0.3 is 19.9 Å². The van der Waals surface area contributed by atoms with E-state index >= 15 is 0 Å². The molecule has 2 aromatic carbocycles. The Labute approximate surface area is 167 Å². The molecule has 1 amide bonds. The van der Waals surface area contributed by atoms with Crippen molar-refractivity contribution in [2.45, 2.75) is 6.92 Å². The molecule has 0 saturated carbocycles. The van der Waals surface area contributed by atoms with Crippen LogP contribution in [-0.2, 0) is 4.79 Å². The minimum Gasteiger partial charge on any atom is -0.483 e. The highest BCUT2D eigenvalue weighted by molar-refractivity contribution is 9.10. The molecule has 144 valence electrons. The molecule has 1 fully saturated rings. The number of rotatable bonds is 5. The number of hydrogen-bond donors (Lipinski definition) is 1. The third-order valence-corrected chi connectivity index (χ3v) is 5.22. The predicted molar refractivity (Wildman–Crippen MR) is 109 cm³/mol. The summed E-state index contributed by atoms with van der Waals surface area (Å²) in [6.45, 7) is 5.93. The predicted octanol–water partition coefficient (Wildman–Crippen LogP) is 3.67. The summed E-state index contributed by atoms with van der Waals surface area (Å²) in [7, 11) is 2.13. The van der Waals surface area contributed by atoms with Gasteiger partial charge in [-0.3, -0.25) is 4.79 Å². The number of hydrogen-bond acceptors (Lipinski definition) is 4. The Balaban J connectivity index is 1.57. The van der Waals surface area contributed by atoms with Crippen LogP contribution in [0.5, 0.6) is 5.75 Å². The maximum absolute atomic E-state index is 13.1. The lowest BCUT2D eigenvalue weighted by molar-refractivity contribution is -0.118. The van der Waals surface area contributed by atoms with E-state index in [1.807, 2.05) is 19.1 Å². The summed E-state index contributed by atoms with van der Waals surface area (Å²) in [5, 5.41) is 2.87. The highest BCUT2D eigenvalue weighted by Crippen LogP contribution is 2.26. The van der Waals surface area contributed by atoms with Gasteiger partial charge >= 0.3 is 0 Å². The molecule has 1 saturated heterocycles. The van der Waals surface area contributed by atoms with Crippen LogP contribution in [-0.4, -0.2) is 50.6 Å². The molecule has 0 spiro atoms. The fraction of sp³-hybridized carbons (Fsp3) is 0.350. The second-order valence-electron chi connectivity index (χ2n) is 6.70. The number of ether oxygens (including phenoxy) is 1. The molecule has 1 heterocycles. The molecule has 3 rings (SSSR count). The highest BCUT2D eigenvalue weighted by Gasteiger charge is 2.15. The molecule has 0 radical (unpaired) electrons. The molecule has 0 bridgehead atoms. The second kappa shape index (κ2) is 8.71. The fourth-order valence-corrected chi connectivity index (χ4v) is 3.44. The first kappa shape index (κ1) is 19.6. The highest BCUT2D eigenvalue weighted by atomic mass is 79.9. The molecule has 0 aliphatic carbocycles. The Hall–Kier alpha value is -2.12. The van der Waals surface area contributed by atoms with Gasteiger partial charge in [0.25, 0.3) is 5.91 Å². The van der Waals surface area contributed by atoms with Crippen LogP contribution < -0.4 is 15.0 Å². The summed E-state index contributed by atoms with van der Waals surface area (Å²) >= 11 is 3.22. The third kappa shape index (κ3) is 5.20. The van der Waals surface area contributed by atoms with Crippen LogP contribution in [0.2, 0.25) is 0 Å². The maximum Gasteiger partial charge on any atom is 0.262 e. The summed E-state index contributed by atoms with van der Waals surface area (Å²) < 4.78 is 19.0. The van der Waals surface area contributed by atoms with Crippen LogP contribution in [0.15, 0.2) is 40.9 Å². The molecule has 7 heteroatoms. The summed E-state index contributed by atoms with van der Waals surface area (Å²) in [6, 6.07) is 10.1. The minimum atomic E-state index is -0.366. The van der Waals surface area contributed by atoms with Crippen LogP contribution in [0.25, 0.3) is 0 Å². The van der Waals surface area contributed by atoms with E-state index in [4.69, 9.17) is 4.74 Å². The van der Waals surface area contributed by atoms with Crippen LogP contribution >= 0.6 is 15.9 Å². The van der Waals surface area contributed by atoms with Crippen molar-refractivity contribution in [3.05, 3.63) is 52.3 Å². The number of carbonyl (C=O) groups is 1. The van der Waals surface area contributed by atoms with Crippen molar-refractivity contribution in [2.24, 2.45) is 0 Å². The monoisotopic (exact) mass is 435 g/mol. The molecule has 2 aromatic rings. The van der Waals surface area contributed by atoms with Crippen LogP contribution in [0.4, 0.5) is 15.8 Å². The summed E-state index contributed by atoms with van der Waals surface area (Å²) in [6.07, 6.45) is 0. The van der Waals surface area contributed by atoms with E-state index in [1.54, 1.807) is 0 Å². The van der Waals surface area contributed by atoms with Gasteiger partial charge in [-0.2, -0.15) is 0 Å². The molecule has 0 unspecified atom stereocenters. The lowest BCUT2D eigenvalue weighted by Gasteiger charge is -2.34. The summed E-state index contributed by atoms with van der Waals surface area (Å²) in [5.41, 5.74) is 2.94. The van der Waals surface area contributed by atoms with Crippen LogP contribution in [0.1, 0.15) is 5.56 Å². The SMILES string of the molecule is Cc1cc(N2CCN(C)CC2)ccc1NC(=O)COc1ccc(F)cc1Br. The van der Waals surface area contributed by atoms with Gasteiger partial charge in [0.1, 0.15) is 11.6 Å². The van der Waals surface area contributed by atoms with E-state index in [9.17, 15) is 9.18 Å². The zero-order chi connectivity index (χ0) is 19.4. The van der Waals surface area contributed by atoms with Crippen molar-refractivity contribution in [2.75, 3.05) is 50.1 Å².